The number of nitrogens with one attached hydrogen (secondary N) is 1. The van der Waals surface area contributed by atoms with Gasteiger partial charge in [0.1, 0.15) is 5.75 Å². The van der Waals surface area contributed by atoms with Crippen molar-refractivity contribution in [2.24, 2.45) is 0 Å². The number of likely N-dealkylation sites (N-methyl/N-ethyl adjacent to an activating group) is 1. The highest BCUT2D eigenvalue weighted by molar-refractivity contribution is 5.78. The Bertz CT molecular complexity index is 858. The topological polar surface area (TPSA) is 60.0 Å². The molecule has 0 aliphatic carbocycles. The summed E-state index contributed by atoms with van der Waals surface area (Å²) in [6.07, 6.45) is -4.79. The molecular formula is C20H21F3N2O4. The summed E-state index contributed by atoms with van der Waals surface area (Å²) >= 11 is 0. The van der Waals surface area contributed by atoms with Gasteiger partial charge in [-0.25, -0.2) is 0 Å². The van der Waals surface area contributed by atoms with Gasteiger partial charge >= 0.3 is 6.36 Å². The minimum atomic E-state index is -4.79. The number of carbonyl (C=O) groups is 1. The van der Waals surface area contributed by atoms with Gasteiger partial charge in [-0.3, -0.25) is 9.69 Å². The molecule has 0 unspecified atom stereocenters. The van der Waals surface area contributed by atoms with E-state index in [2.05, 4.69) is 10.1 Å². The Labute approximate surface area is 166 Å². The van der Waals surface area contributed by atoms with Gasteiger partial charge in [-0.1, -0.05) is 31.2 Å². The fourth-order valence-electron chi connectivity index (χ4n) is 2.90. The lowest BCUT2D eigenvalue weighted by Crippen LogP contribution is -2.36. The van der Waals surface area contributed by atoms with E-state index in [0.29, 0.717) is 24.6 Å². The highest BCUT2D eigenvalue weighted by Crippen LogP contribution is 2.32. The summed E-state index contributed by atoms with van der Waals surface area (Å²) in [6, 6.07) is 11.3. The number of hydrogen-bond acceptors (Lipinski definition) is 5. The van der Waals surface area contributed by atoms with E-state index in [1.54, 1.807) is 6.07 Å². The zero-order valence-electron chi connectivity index (χ0n) is 15.8. The Morgan fingerprint density at radius 1 is 1.17 bits per heavy atom. The van der Waals surface area contributed by atoms with Crippen molar-refractivity contribution in [3.05, 3.63) is 53.6 Å². The molecule has 0 spiro atoms. The Morgan fingerprint density at radius 2 is 1.93 bits per heavy atom. The van der Waals surface area contributed by atoms with Gasteiger partial charge in [0.05, 0.1) is 6.54 Å². The number of amides is 1. The normalized spacial score (nSPS) is 12.9. The molecule has 1 aliphatic rings. The number of para-hydroxylation sites is 1. The zero-order valence-corrected chi connectivity index (χ0v) is 15.8. The Balaban J connectivity index is 1.54. The largest absolute Gasteiger partial charge is 0.573 e. The van der Waals surface area contributed by atoms with Gasteiger partial charge in [-0.15, -0.1) is 13.2 Å². The molecule has 1 N–H and O–H groups in total. The third kappa shape index (κ3) is 6.02. The molecule has 0 saturated heterocycles. The quantitative estimate of drug-likeness (QED) is 0.723. The van der Waals surface area contributed by atoms with Crippen molar-refractivity contribution in [2.45, 2.75) is 26.4 Å². The van der Waals surface area contributed by atoms with Gasteiger partial charge in [-0.05, 0) is 30.3 Å². The molecule has 0 atom stereocenters. The SMILES string of the molecule is CCN(CC(=O)NCc1ccccc1OC(F)(F)F)Cc1ccc2c(c1)OCO2. The van der Waals surface area contributed by atoms with E-state index >= 15 is 0 Å². The van der Waals surface area contributed by atoms with E-state index < -0.39 is 6.36 Å². The van der Waals surface area contributed by atoms with Crippen molar-refractivity contribution in [3.8, 4) is 17.2 Å². The van der Waals surface area contributed by atoms with Gasteiger partial charge in [0.25, 0.3) is 0 Å². The molecule has 29 heavy (non-hydrogen) atoms. The van der Waals surface area contributed by atoms with Crippen LogP contribution in [-0.2, 0) is 17.9 Å². The second kappa shape index (κ2) is 9.04. The van der Waals surface area contributed by atoms with Crippen LogP contribution in [0.4, 0.5) is 13.2 Å². The highest BCUT2D eigenvalue weighted by atomic mass is 19.4. The maximum atomic E-state index is 12.5. The van der Waals surface area contributed by atoms with Crippen LogP contribution in [0.2, 0.25) is 0 Å². The number of hydrogen-bond donors (Lipinski definition) is 1. The number of carbonyl (C=O) groups excluding carboxylic acids is 1. The zero-order chi connectivity index (χ0) is 20.9. The Morgan fingerprint density at radius 3 is 2.69 bits per heavy atom. The third-order valence-electron chi connectivity index (χ3n) is 4.33. The molecule has 0 saturated carbocycles. The highest BCUT2D eigenvalue weighted by Gasteiger charge is 2.32. The fraction of sp³-hybridized carbons (Fsp3) is 0.350. The van der Waals surface area contributed by atoms with Gasteiger partial charge in [0, 0.05) is 18.7 Å². The van der Waals surface area contributed by atoms with Crippen LogP contribution in [0.1, 0.15) is 18.1 Å². The summed E-state index contributed by atoms with van der Waals surface area (Å²) in [6.45, 7) is 3.30. The predicted molar refractivity (Wildman–Crippen MR) is 98.5 cm³/mol. The van der Waals surface area contributed by atoms with E-state index in [1.165, 1.54) is 18.2 Å². The summed E-state index contributed by atoms with van der Waals surface area (Å²) in [5.74, 6) is 0.737. The van der Waals surface area contributed by atoms with E-state index in [0.717, 1.165) is 5.56 Å². The van der Waals surface area contributed by atoms with Crippen molar-refractivity contribution >= 4 is 5.91 Å². The summed E-state index contributed by atoms with van der Waals surface area (Å²) in [5.41, 5.74) is 1.21. The molecule has 1 aliphatic heterocycles. The molecular weight excluding hydrogens is 389 g/mol. The summed E-state index contributed by atoms with van der Waals surface area (Å²) in [7, 11) is 0. The standard InChI is InChI=1S/C20H21F3N2O4/c1-2-25(11-14-7-8-17-18(9-14)28-13-27-17)12-19(26)24-10-15-5-3-4-6-16(15)29-20(21,22)23/h3-9H,2,10-13H2,1H3,(H,24,26). The molecule has 0 radical (unpaired) electrons. The second-order valence-electron chi connectivity index (χ2n) is 6.42. The first-order valence-electron chi connectivity index (χ1n) is 9.05. The first-order valence-corrected chi connectivity index (χ1v) is 9.05. The van der Waals surface area contributed by atoms with Gasteiger partial charge in [0.2, 0.25) is 12.7 Å². The molecule has 2 aromatic rings. The average molecular weight is 410 g/mol. The fourth-order valence-corrected chi connectivity index (χ4v) is 2.90. The number of halogens is 3. The van der Waals surface area contributed by atoms with E-state index in [-0.39, 0.29) is 37.1 Å². The molecule has 1 amide bonds. The minimum absolute atomic E-state index is 0.0628. The maximum absolute atomic E-state index is 12.5. The molecule has 2 aromatic carbocycles. The van der Waals surface area contributed by atoms with Crippen LogP contribution in [-0.4, -0.2) is 37.1 Å². The van der Waals surface area contributed by atoms with Gasteiger partial charge < -0.3 is 19.5 Å². The van der Waals surface area contributed by atoms with Crippen LogP contribution in [0.15, 0.2) is 42.5 Å². The van der Waals surface area contributed by atoms with Crippen LogP contribution in [0.5, 0.6) is 17.2 Å². The van der Waals surface area contributed by atoms with Crippen molar-refractivity contribution in [2.75, 3.05) is 19.9 Å². The molecule has 0 aromatic heterocycles. The van der Waals surface area contributed by atoms with Crippen molar-refractivity contribution in [3.63, 3.8) is 0 Å². The number of ether oxygens (including phenoxy) is 3. The summed E-state index contributed by atoms with van der Waals surface area (Å²) in [5, 5.41) is 2.64. The van der Waals surface area contributed by atoms with Crippen molar-refractivity contribution in [1.82, 2.24) is 10.2 Å². The van der Waals surface area contributed by atoms with E-state index in [4.69, 9.17) is 9.47 Å². The first kappa shape index (κ1) is 20.8. The van der Waals surface area contributed by atoms with Crippen molar-refractivity contribution in [1.29, 1.82) is 0 Å². The first-order chi connectivity index (χ1) is 13.8. The number of benzene rings is 2. The number of nitrogens with zero attached hydrogens (tertiary/aromatic N) is 1. The molecule has 9 heteroatoms. The second-order valence-corrected chi connectivity index (χ2v) is 6.42. The molecule has 156 valence electrons. The summed E-state index contributed by atoms with van der Waals surface area (Å²) in [4.78, 5) is 14.2. The van der Waals surface area contributed by atoms with Gasteiger partial charge in [-0.2, -0.15) is 0 Å². The van der Waals surface area contributed by atoms with Crippen LogP contribution < -0.4 is 19.5 Å². The van der Waals surface area contributed by atoms with Crippen LogP contribution in [0.3, 0.4) is 0 Å². The lowest BCUT2D eigenvalue weighted by molar-refractivity contribution is -0.274. The van der Waals surface area contributed by atoms with E-state index in [9.17, 15) is 18.0 Å². The maximum Gasteiger partial charge on any atom is 0.573 e. The molecule has 1 heterocycles. The third-order valence-corrected chi connectivity index (χ3v) is 4.33. The lowest BCUT2D eigenvalue weighted by atomic mass is 10.2. The van der Waals surface area contributed by atoms with Gasteiger partial charge in [0.15, 0.2) is 11.5 Å². The average Bonchev–Trinajstić information content (AvgIpc) is 3.13. The van der Waals surface area contributed by atoms with Crippen molar-refractivity contribution < 1.29 is 32.2 Å². The molecule has 6 nitrogen and oxygen atoms in total. The van der Waals surface area contributed by atoms with Crippen LogP contribution >= 0.6 is 0 Å². The predicted octanol–water partition coefficient (Wildman–Crippen LogP) is 3.45. The number of fused-ring (bicyclic) bond motifs is 1. The number of alkyl halides is 3. The smallest absolute Gasteiger partial charge is 0.454 e. The molecule has 3 rings (SSSR count). The van der Waals surface area contributed by atoms with Crippen LogP contribution in [0.25, 0.3) is 0 Å². The molecule has 0 fully saturated rings. The monoisotopic (exact) mass is 410 g/mol. The Kier molecular flexibility index (Phi) is 6.48. The number of rotatable bonds is 8. The Hall–Kier alpha value is -2.94. The minimum Gasteiger partial charge on any atom is -0.454 e. The lowest BCUT2D eigenvalue weighted by Gasteiger charge is -2.20. The summed E-state index contributed by atoms with van der Waals surface area (Å²) < 4.78 is 52.1. The van der Waals surface area contributed by atoms with E-state index in [1.807, 2.05) is 30.0 Å². The molecule has 0 bridgehead atoms. The van der Waals surface area contributed by atoms with Crippen LogP contribution in [0, 0.1) is 0 Å².